The van der Waals surface area contributed by atoms with E-state index < -0.39 is 12.0 Å². The summed E-state index contributed by atoms with van der Waals surface area (Å²) >= 11 is 0. The van der Waals surface area contributed by atoms with Gasteiger partial charge in [-0.15, -0.1) is 0 Å². The summed E-state index contributed by atoms with van der Waals surface area (Å²) in [7, 11) is 3.20. The van der Waals surface area contributed by atoms with Crippen LogP contribution in [0.3, 0.4) is 0 Å². The zero-order valence-electron chi connectivity index (χ0n) is 9.41. The molecule has 1 unspecified atom stereocenters. The summed E-state index contributed by atoms with van der Waals surface area (Å²) in [5, 5.41) is 13.6. The Hall–Kier alpha value is -2.15. The molecule has 0 aromatic carbocycles. The zero-order chi connectivity index (χ0) is 12.6. The van der Waals surface area contributed by atoms with Crippen molar-refractivity contribution in [2.75, 3.05) is 7.11 Å². The zero-order valence-corrected chi connectivity index (χ0v) is 9.41. The second-order valence-electron chi connectivity index (χ2n) is 3.57. The van der Waals surface area contributed by atoms with E-state index in [0.717, 1.165) is 0 Å². The predicted molar refractivity (Wildman–Crippen MR) is 59.6 cm³/mol. The van der Waals surface area contributed by atoms with Crippen molar-refractivity contribution >= 4 is 17.0 Å². The standard InChI is InChI=1S/C10H12N4O3/c1-14-9-6(4-13-14)8(17-2)5(3-12-9)7(11)10(15)16/h3-4,7H,11H2,1-2H3,(H,15,16). The van der Waals surface area contributed by atoms with Gasteiger partial charge in [0.2, 0.25) is 0 Å². The van der Waals surface area contributed by atoms with Gasteiger partial charge in [0.1, 0.15) is 11.8 Å². The highest BCUT2D eigenvalue weighted by Crippen LogP contribution is 2.30. The van der Waals surface area contributed by atoms with Crippen LogP contribution in [0.25, 0.3) is 11.0 Å². The molecule has 1 atom stereocenters. The van der Waals surface area contributed by atoms with Gasteiger partial charge in [0.05, 0.1) is 18.7 Å². The lowest BCUT2D eigenvalue weighted by Crippen LogP contribution is -2.21. The summed E-state index contributed by atoms with van der Waals surface area (Å²) in [6, 6.07) is -1.16. The number of pyridine rings is 1. The molecular weight excluding hydrogens is 224 g/mol. The van der Waals surface area contributed by atoms with Crippen LogP contribution < -0.4 is 10.5 Å². The second kappa shape index (κ2) is 4.02. The smallest absolute Gasteiger partial charge is 0.325 e. The molecule has 2 aromatic rings. The van der Waals surface area contributed by atoms with Gasteiger partial charge in [-0.1, -0.05) is 0 Å². The molecule has 0 spiro atoms. The Balaban J connectivity index is 2.69. The number of aliphatic carboxylic acids is 1. The van der Waals surface area contributed by atoms with Crippen LogP contribution in [0.15, 0.2) is 12.4 Å². The maximum absolute atomic E-state index is 10.9. The second-order valence-corrected chi connectivity index (χ2v) is 3.57. The van der Waals surface area contributed by atoms with Gasteiger partial charge < -0.3 is 15.6 Å². The van der Waals surface area contributed by atoms with Crippen LogP contribution in [-0.4, -0.2) is 33.0 Å². The van der Waals surface area contributed by atoms with Crippen molar-refractivity contribution in [3.05, 3.63) is 18.0 Å². The first-order valence-electron chi connectivity index (χ1n) is 4.89. The highest BCUT2D eigenvalue weighted by Gasteiger charge is 2.22. The van der Waals surface area contributed by atoms with Gasteiger partial charge in [0, 0.05) is 18.8 Å². The molecule has 0 aliphatic rings. The fourth-order valence-electron chi connectivity index (χ4n) is 1.67. The normalized spacial score (nSPS) is 12.6. The van der Waals surface area contributed by atoms with Crippen molar-refractivity contribution in [3.8, 4) is 5.75 Å². The summed E-state index contributed by atoms with van der Waals surface area (Å²) in [5.74, 6) is -0.730. The first-order valence-corrected chi connectivity index (χ1v) is 4.89. The molecule has 0 bridgehead atoms. The molecule has 2 aromatic heterocycles. The summed E-state index contributed by atoms with van der Waals surface area (Å²) < 4.78 is 6.78. The Morgan fingerprint density at radius 3 is 2.88 bits per heavy atom. The number of carboxylic acids is 1. The first kappa shape index (κ1) is 11.3. The number of fused-ring (bicyclic) bond motifs is 1. The number of hydrogen-bond donors (Lipinski definition) is 2. The number of aromatic nitrogens is 3. The maximum Gasteiger partial charge on any atom is 0.325 e. The van der Waals surface area contributed by atoms with E-state index in [-0.39, 0.29) is 0 Å². The monoisotopic (exact) mass is 236 g/mol. The van der Waals surface area contributed by atoms with Crippen LogP contribution in [-0.2, 0) is 11.8 Å². The van der Waals surface area contributed by atoms with Crippen molar-refractivity contribution in [1.82, 2.24) is 14.8 Å². The molecule has 2 heterocycles. The van der Waals surface area contributed by atoms with Gasteiger partial charge in [-0.2, -0.15) is 5.10 Å². The van der Waals surface area contributed by atoms with Gasteiger partial charge in [0.25, 0.3) is 0 Å². The molecule has 0 radical (unpaired) electrons. The van der Waals surface area contributed by atoms with Gasteiger partial charge in [-0.3, -0.25) is 9.48 Å². The largest absolute Gasteiger partial charge is 0.495 e. The molecule has 0 saturated heterocycles. The fourth-order valence-corrected chi connectivity index (χ4v) is 1.67. The molecule has 7 nitrogen and oxygen atoms in total. The van der Waals surface area contributed by atoms with Gasteiger partial charge >= 0.3 is 5.97 Å². The highest BCUT2D eigenvalue weighted by molar-refractivity contribution is 5.86. The molecule has 7 heteroatoms. The summed E-state index contributed by atoms with van der Waals surface area (Å²) in [4.78, 5) is 15.0. The van der Waals surface area contributed by atoms with Crippen LogP contribution >= 0.6 is 0 Å². The van der Waals surface area contributed by atoms with Crippen LogP contribution in [0.5, 0.6) is 5.75 Å². The van der Waals surface area contributed by atoms with Crippen molar-refractivity contribution in [1.29, 1.82) is 0 Å². The highest BCUT2D eigenvalue weighted by atomic mass is 16.5. The Kier molecular flexibility index (Phi) is 2.68. The molecule has 3 N–H and O–H groups in total. The average Bonchev–Trinajstić information content (AvgIpc) is 2.69. The number of rotatable bonds is 3. The number of carbonyl (C=O) groups is 1. The van der Waals surface area contributed by atoms with Crippen molar-refractivity contribution in [2.24, 2.45) is 12.8 Å². The SMILES string of the molecule is COc1c(C(N)C(=O)O)cnc2c1cnn2C. The third kappa shape index (κ3) is 1.70. The van der Waals surface area contributed by atoms with Crippen LogP contribution in [0.1, 0.15) is 11.6 Å². The van der Waals surface area contributed by atoms with Crippen LogP contribution in [0, 0.1) is 0 Å². The first-order chi connectivity index (χ1) is 8.06. The van der Waals surface area contributed by atoms with Crippen molar-refractivity contribution in [2.45, 2.75) is 6.04 Å². The number of nitrogens with zero attached hydrogens (tertiary/aromatic N) is 3. The van der Waals surface area contributed by atoms with E-state index in [2.05, 4.69) is 10.1 Å². The van der Waals surface area contributed by atoms with E-state index in [1.165, 1.54) is 13.3 Å². The Morgan fingerprint density at radius 2 is 2.29 bits per heavy atom. The van der Waals surface area contributed by atoms with E-state index >= 15 is 0 Å². The van der Waals surface area contributed by atoms with E-state index in [4.69, 9.17) is 15.6 Å². The molecular formula is C10H12N4O3. The van der Waals surface area contributed by atoms with E-state index in [1.807, 2.05) is 0 Å². The lowest BCUT2D eigenvalue weighted by molar-refractivity contribution is -0.138. The van der Waals surface area contributed by atoms with Crippen molar-refractivity contribution in [3.63, 3.8) is 0 Å². The molecule has 0 aliphatic heterocycles. The Bertz CT molecular complexity index is 578. The topological polar surface area (TPSA) is 103 Å². The Morgan fingerprint density at radius 1 is 1.59 bits per heavy atom. The minimum Gasteiger partial charge on any atom is -0.495 e. The molecule has 0 aliphatic carbocycles. The number of nitrogens with two attached hydrogens (primary N) is 1. The predicted octanol–water partition coefficient (Wildman–Crippen LogP) is 0.0613. The number of carboxylic acid groups (broad SMARTS) is 1. The molecule has 2 rings (SSSR count). The minimum absolute atomic E-state index is 0.334. The van der Waals surface area contributed by atoms with E-state index in [9.17, 15) is 4.79 Å². The number of hydrogen-bond acceptors (Lipinski definition) is 5. The van der Waals surface area contributed by atoms with Crippen molar-refractivity contribution < 1.29 is 14.6 Å². The van der Waals surface area contributed by atoms with E-state index in [1.54, 1.807) is 17.9 Å². The maximum atomic E-state index is 10.9. The van der Waals surface area contributed by atoms with Gasteiger partial charge in [-0.05, 0) is 0 Å². The lowest BCUT2D eigenvalue weighted by atomic mass is 10.1. The van der Waals surface area contributed by atoms with Gasteiger partial charge in [0.15, 0.2) is 5.65 Å². The average molecular weight is 236 g/mol. The molecule has 0 saturated carbocycles. The molecule has 0 amide bonds. The third-order valence-corrected chi connectivity index (χ3v) is 2.55. The molecule has 90 valence electrons. The molecule has 17 heavy (non-hydrogen) atoms. The van der Waals surface area contributed by atoms with Gasteiger partial charge in [-0.25, -0.2) is 4.98 Å². The van der Waals surface area contributed by atoms with Crippen LogP contribution in [0.2, 0.25) is 0 Å². The fraction of sp³-hybridized carbons (Fsp3) is 0.300. The summed E-state index contributed by atoms with van der Waals surface area (Å²) in [6.07, 6.45) is 2.97. The van der Waals surface area contributed by atoms with E-state index in [0.29, 0.717) is 22.3 Å². The minimum atomic E-state index is -1.16. The quantitative estimate of drug-likeness (QED) is 0.781. The Labute approximate surface area is 96.8 Å². The molecule has 0 fully saturated rings. The number of ether oxygens (including phenoxy) is 1. The third-order valence-electron chi connectivity index (χ3n) is 2.55. The lowest BCUT2D eigenvalue weighted by Gasteiger charge is -2.12. The summed E-state index contributed by atoms with van der Waals surface area (Å²) in [5.41, 5.74) is 6.51. The number of aryl methyl sites for hydroxylation is 1. The van der Waals surface area contributed by atoms with Crippen LogP contribution in [0.4, 0.5) is 0 Å². The number of methoxy groups -OCH3 is 1. The summed E-state index contributed by atoms with van der Waals surface area (Å²) in [6.45, 7) is 0.